The predicted molar refractivity (Wildman–Crippen MR) is 528 cm³/mol. The Morgan fingerprint density at radius 1 is 0.431 bits per heavy atom. The van der Waals surface area contributed by atoms with Gasteiger partial charge >= 0.3 is 0 Å². The number of fused-ring (bicyclic) bond motifs is 18. The Morgan fingerprint density at radius 3 is 1.22 bits per heavy atom. The molecule has 3 saturated heterocycles. The van der Waals surface area contributed by atoms with Gasteiger partial charge in [-0.1, -0.05) is 91.1 Å². The Labute approximate surface area is 790 Å². The maximum absolute atomic E-state index is 17.6. The number of imidazole rings is 3. The lowest BCUT2D eigenvalue weighted by Crippen LogP contribution is -2.62. The highest BCUT2D eigenvalue weighted by molar-refractivity contribution is 6.35. The summed E-state index contributed by atoms with van der Waals surface area (Å²) in [6.45, 7) is 42.5. The lowest BCUT2D eigenvalue weighted by Gasteiger charge is -2.49. The number of halogens is 6. The summed E-state index contributed by atoms with van der Waals surface area (Å²) < 4.78 is 96.3. The number of pyridine rings is 6. The van der Waals surface area contributed by atoms with Crippen LogP contribution in [0.15, 0.2) is 163 Å². The Kier molecular flexibility index (Phi) is 23.3. The van der Waals surface area contributed by atoms with Crippen LogP contribution in [0.3, 0.4) is 0 Å². The average Bonchev–Trinajstić information content (AvgIpc) is 1.32. The summed E-state index contributed by atoms with van der Waals surface area (Å²) in [5.74, 6) is -4.67. The minimum absolute atomic E-state index is 0.00883. The molecule has 0 spiro atoms. The third kappa shape index (κ3) is 14.6. The number of aryl methyl sites for hydroxylation is 6. The molecule has 0 aliphatic carbocycles. The molecule has 9 aromatic heterocycles. The Hall–Kier alpha value is -14.6. The maximum Gasteiger partial charge on any atom is 0.300 e. The number of hydrogen-bond donors (Lipinski definition) is 4. The van der Waals surface area contributed by atoms with Crippen molar-refractivity contribution in [3.8, 4) is 56.2 Å². The SMILES string of the molecule is C=CC(=O)N1CC2CNc3c(c4cc(F)c(-c5c(C)ccc6[nH]cnc56)c(F)c4n(-c4c(C)ccnc4C(C)C)c3=O)N2CC1C.C=CC(=O)N1CC2COc3c(c4cc(F)c(-c5c(C)ccc6[nH]cnc56)c(F)c4n(-c4c(C)ccnc4C(C)C)c3=O)N2CC1C.C=CC(=O)N1CC2Cc3c(c4cc(Cl)c(-c5c(C)ccc6[nH]cnc56)c(F)c4n(-c4c(C)ccnc4C(C)C)c3=O)N2CC1C. The van der Waals surface area contributed by atoms with Crippen LogP contribution in [-0.4, -0.2) is 180 Å². The number of benzene rings is 6. The van der Waals surface area contributed by atoms with E-state index < -0.39 is 40.2 Å². The quantitative estimate of drug-likeness (QED) is 0.0653. The molecule has 15 aromatic rings. The molecule has 32 heteroatoms. The van der Waals surface area contributed by atoms with Crippen molar-refractivity contribution in [2.75, 3.05) is 72.4 Å². The lowest BCUT2D eigenvalue weighted by atomic mass is 9.94. The van der Waals surface area contributed by atoms with Gasteiger partial charge in [0, 0.05) is 133 Å². The first kappa shape index (κ1) is 91.5. The summed E-state index contributed by atoms with van der Waals surface area (Å²) in [4.78, 5) is 130. The number of nitrogens with zero attached hydrogens (tertiary/aromatic N) is 15. The van der Waals surface area contributed by atoms with Crippen LogP contribution in [0.1, 0.15) is 136 Å². The monoisotopic (exact) mass is 1870 g/mol. The van der Waals surface area contributed by atoms with Gasteiger partial charge in [0.1, 0.15) is 23.9 Å². The second-order valence-electron chi connectivity index (χ2n) is 37.6. The van der Waals surface area contributed by atoms with Gasteiger partial charge in [-0.15, -0.1) is 0 Å². The van der Waals surface area contributed by atoms with Crippen LogP contribution in [0.25, 0.3) is 116 Å². The van der Waals surface area contributed by atoms with Crippen molar-refractivity contribution in [2.45, 2.75) is 164 Å². The maximum atomic E-state index is 17.6. The largest absolute Gasteiger partial charge is 0.484 e. The van der Waals surface area contributed by atoms with E-state index in [-0.39, 0.29) is 144 Å². The molecule has 0 radical (unpaired) electrons. The second-order valence-corrected chi connectivity index (χ2v) is 38.1. The van der Waals surface area contributed by atoms with Crippen LogP contribution in [0, 0.1) is 70.6 Å². The van der Waals surface area contributed by atoms with Gasteiger partial charge < -0.3 is 54.4 Å². The van der Waals surface area contributed by atoms with E-state index >= 15 is 22.0 Å². The summed E-state index contributed by atoms with van der Waals surface area (Å²) in [5.41, 5.74) is 13.1. The molecular weight excluding hydrogens is 1770 g/mol. The minimum atomic E-state index is -0.887. The first-order chi connectivity index (χ1) is 65.6. The number of nitrogens with one attached hydrogen (secondary N) is 4. The van der Waals surface area contributed by atoms with Crippen LogP contribution in [0.5, 0.6) is 5.75 Å². The number of rotatable bonds is 12. The highest BCUT2D eigenvalue weighted by atomic mass is 35.5. The molecule has 26 nitrogen and oxygen atoms in total. The van der Waals surface area contributed by atoms with Crippen LogP contribution in [0.2, 0.25) is 5.02 Å². The van der Waals surface area contributed by atoms with E-state index in [2.05, 4.69) is 74.8 Å². The summed E-state index contributed by atoms with van der Waals surface area (Å²) in [6.07, 6.45) is 13.9. The molecule has 3 fully saturated rings. The van der Waals surface area contributed by atoms with Crippen molar-refractivity contribution in [3.63, 3.8) is 0 Å². The molecule has 21 rings (SSSR count). The fraction of sp³-hybridized carbons (Fsp3) is 0.314. The van der Waals surface area contributed by atoms with Crippen molar-refractivity contribution in [1.29, 1.82) is 0 Å². The number of amides is 3. The predicted octanol–water partition coefficient (Wildman–Crippen LogP) is 18.5. The summed E-state index contributed by atoms with van der Waals surface area (Å²) in [5, 5.41) is 4.52. The summed E-state index contributed by atoms with van der Waals surface area (Å²) in [7, 11) is 0. The van der Waals surface area contributed by atoms with E-state index in [0.29, 0.717) is 175 Å². The summed E-state index contributed by atoms with van der Waals surface area (Å²) >= 11 is 7.06. The molecule has 4 N–H and O–H groups in total. The standard InChI is InChI=1S/C35H34ClFN6O2.C35H35F2N7O2.C35H34F2N6O3/c1-7-26(44)41-15-21-12-23-33(42(21)14-20(41)6)22-13-24(36)28(27-18(4)8-9-25-31(27)40-16-39-25)29(37)34(22)43(35(23)45)32-19(5)10-11-38-30(32)17(2)3;1-7-25(45)42-15-21-13-39-31-34(43(21)14-20(42)6)22-12-23(36)27(26-18(4)8-9-24-30(26)41-16-40-24)28(37)33(22)44(35(31)46)32-19(5)10-11-38-29(32)17(2)3;1-7-25(44)41-14-21-15-46-34-33(42(21)13-20(41)6)22-12-23(36)27(26-18(4)8-9-24-30(26)40-16-39-24)28(37)32(22)43(35(34)45)31-19(5)10-11-38-29(31)17(2)3/h7-11,13,16-17,20-21H,1,12,14-15H2,2-6H3,(H,39,40);7-12,16-17,20-21,39H,1,13-15H2,2-6H3,(H,40,41);7-12,16-17,20-21H,1,13-15H2,2-6H3,(H,39,40). The fourth-order valence-corrected chi connectivity index (χ4v) is 21.9. The van der Waals surface area contributed by atoms with Crippen molar-refractivity contribution >= 4 is 118 Å². The zero-order valence-electron chi connectivity index (χ0n) is 78.6. The normalized spacial score (nSPS) is 17.8. The molecule has 0 saturated carbocycles. The summed E-state index contributed by atoms with van der Waals surface area (Å²) in [6, 6.07) is 19.5. The molecule has 6 aromatic carbocycles. The average molecular weight is 1870 g/mol. The molecule has 702 valence electrons. The van der Waals surface area contributed by atoms with E-state index in [0.717, 1.165) is 22.2 Å². The number of ether oxygens (including phenoxy) is 1. The van der Waals surface area contributed by atoms with Gasteiger partial charge in [-0.3, -0.25) is 57.4 Å². The Morgan fingerprint density at radius 2 is 0.796 bits per heavy atom. The number of aromatic amines is 3. The van der Waals surface area contributed by atoms with Crippen LogP contribution >= 0.6 is 11.6 Å². The number of hydrogen-bond acceptors (Lipinski definition) is 17. The molecule has 15 heterocycles. The van der Waals surface area contributed by atoms with E-state index in [1.54, 1.807) is 83.8 Å². The molecule has 6 aliphatic rings. The highest BCUT2D eigenvalue weighted by Crippen LogP contribution is 2.52. The third-order valence-corrected chi connectivity index (χ3v) is 28.4. The van der Waals surface area contributed by atoms with Crippen molar-refractivity contribution in [2.24, 2.45) is 0 Å². The minimum Gasteiger partial charge on any atom is -0.484 e. The molecule has 6 atom stereocenters. The molecule has 3 amide bonds. The first-order valence-electron chi connectivity index (χ1n) is 46.0. The number of aromatic nitrogens is 12. The van der Waals surface area contributed by atoms with Crippen LogP contribution in [-0.2, 0) is 20.8 Å². The Bertz CT molecular complexity index is 7580. The highest BCUT2D eigenvalue weighted by Gasteiger charge is 2.47. The number of piperazine rings is 3. The second kappa shape index (κ2) is 34.9. The Balaban J connectivity index is 0.000000132. The zero-order chi connectivity index (χ0) is 97.1. The number of carbonyl (C=O) groups is 3. The number of anilines is 4. The van der Waals surface area contributed by atoms with Gasteiger partial charge in [0.05, 0.1) is 154 Å². The smallest absolute Gasteiger partial charge is 0.300 e. The topological polar surface area (TPSA) is 283 Å². The molecule has 6 unspecified atom stereocenters. The zero-order valence-corrected chi connectivity index (χ0v) is 79.4. The molecular formula is C105H103ClF5N19O7. The van der Waals surface area contributed by atoms with Gasteiger partial charge in [0.15, 0.2) is 17.5 Å². The van der Waals surface area contributed by atoms with E-state index in [4.69, 9.17) is 16.3 Å². The van der Waals surface area contributed by atoms with E-state index in [1.165, 1.54) is 56.7 Å². The molecule has 137 heavy (non-hydrogen) atoms. The van der Waals surface area contributed by atoms with Gasteiger partial charge in [-0.2, -0.15) is 0 Å². The molecule has 6 aliphatic heterocycles. The van der Waals surface area contributed by atoms with E-state index in [1.807, 2.05) is 130 Å². The first-order valence-corrected chi connectivity index (χ1v) is 46.4. The lowest BCUT2D eigenvalue weighted by molar-refractivity contribution is -0.129. The van der Waals surface area contributed by atoms with Crippen LogP contribution in [0.4, 0.5) is 44.7 Å². The van der Waals surface area contributed by atoms with Crippen molar-refractivity contribution in [1.82, 2.24) is 73.3 Å². The van der Waals surface area contributed by atoms with Crippen molar-refractivity contribution in [3.05, 3.63) is 270 Å². The van der Waals surface area contributed by atoms with Gasteiger partial charge in [-0.25, -0.2) is 36.9 Å². The number of H-pyrrole nitrogens is 3. The third-order valence-electron chi connectivity index (χ3n) is 28.1. The van der Waals surface area contributed by atoms with E-state index in [9.17, 15) is 28.8 Å². The molecule has 0 bridgehead atoms. The van der Waals surface area contributed by atoms with Gasteiger partial charge in [0.25, 0.3) is 16.7 Å². The fourth-order valence-electron chi connectivity index (χ4n) is 21.6. The van der Waals surface area contributed by atoms with Crippen LogP contribution < -0.4 is 41.4 Å². The van der Waals surface area contributed by atoms with Crippen molar-refractivity contribution < 1.29 is 41.1 Å². The van der Waals surface area contributed by atoms with Gasteiger partial charge in [-0.05, 0) is 186 Å². The number of carbonyl (C=O) groups excluding carboxylic acids is 3. The van der Waals surface area contributed by atoms with Gasteiger partial charge in [0.2, 0.25) is 23.5 Å².